The summed E-state index contributed by atoms with van der Waals surface area (Å²) in [4.78, 5) is 39.9. The van der Waals surface area contributed by atoms with E-state index in [4.69, 9.17) is 4.74 Å². The van der Waals surface area contributed by atoms with Gasteiger partial charge in [0.15, 0.2) is 5.78 Å². The van der Waals surface area contributed by atoms with E-state index in [9.17, 15) is 24.6 Å². The zero-order valence-corrected chi connectivity index (χ0v) is 25.8. The number of amides is 1. The number of alkyl halides is 2. The van der Waals surface area contributed by atoms with Gasteiger partial charge in [0, 0.05) is 36.0 Å². The highest BCUT2D eigenvalue weighted by atomic mass is 79.9. The van der Waals surface area contributed by atoms with Gasteiger partial charge in [-0.2, -0.15) is 0 Å². The summed E-state index contributed by atoms with van der Waals surface area (Å²) in [7, 11) is 0. The lowest BCUT2D eigenvalue weighted by atomic mass is 9.50. The summed E-state index contributed by atoms with van der Waals surface area (Å²) in [6.07, 6.45) is 5.10. The Kier molecular flexibility index (Phi) is 8.68. The van der Waals surface area contributed by atoms with Crippen LogP contribution in [0.2, 0.25) is 0 Å². The lowest BCUT2D eigenvalue weighted by molar-refractivity contribution is -0.173. The van der Waals surface area contributed by atoms with Crippen molar-refractivity contribution in [2.45, 2.75) is 68.7 Å². The molecule has 7 nitrogen and oxygen atoms in total. The molecule has 3 aliphatic rings. The van der Waals surface area contributed by atoms with E-state index in [0.29, 0.717) is 18.2 Å². The molecule has 1 saturated carbocycles. The smallest absolute Gasteiger partial charge is 0.303 e. The number of rotatable bonds is 4. The first-order chi connectivity index (χ1) is 18.3. The minimum Gasteiger partial charge on any atom is -0.457 e. The van der Waals surface area contributed by atoms with Crippen LogP contribution in [0, 0.1) is 29.1 Å². The molecule has 0 aromatic heterocycles. The monoisotopic (exact) mass is 665 g/mol. The summed E-state index contributed by atoms with van der Waals surface area (Å²) < 4.78 is 5.08. The number of carbonyl (C=O) groups excluding carboxylic acids is 3. The van der Waals surface area contributed by atoms with Crippen molar-refractivity contribution < 1.29 is 29.3 Å². The van der Waals surface area contributed by atoms with Crippen molar-refractivity contribution in [1.29, 1.82) is 0 Å². The van der Waals surface area contributed by atoms with Crippen LogP contribution in [-0.2, 0) is 25.5 Å². The minimum atomic E-state index is -1.83. The largest absolute Gasteiger partial charge is 0.457 e. The van der Waals surface area contributed by atoms with Gasteiger partial charge in [-0.05, 0) is 43.4 Å². The number of carbonyl (C=O) groups is 3. The molecule has 39 heavy (non-hydrogen) atoms. The molecule has 10 unspecified atom stereocenters. The van der Waals surface area contributed by atoms with E-state index < -0.39 is 51.3 Å². The molecular weight excluding hydrogens is 630 g/mol. The minimum absolute atomic E-state index is 0.262. The molecule has 9 heteroatoms. The number of nitrogens with one attached hydrogen (secondary N) is 1. The maximum Gasteiger partial charge on any atom is 0.303 e. The van der Waals surface area contributed by atoms with Gasteiger partial charge in [-0.3, -0.25) is 14.4 Å². The highest BCUT2D eigenvalue weighted by Crippen LogP contribution is 2.62. The fourth-order valence-electron chi connectivity index (χ4n) is 7.02. The van der Waals surface area contributed by atoms with Crippen LogP contribution >= 0.6 is 31.9 Å². The van der Waals surface area contributed by atoms with Crippen LogP contribution in [0.4, 0.5) is 0 Å². The van der Waals surface area contributed by atoms with E-state index >= 15 is 0 Å². The van der Waals surface area contributed by atoms with Crippen LogP contribution in [-0.4, -0.2) is 61.4 Å². The number of hydrogen-bond donors (Lipinski definition) is 3. The number of hydrogen-bond acceptors (Lipinski definition) is 6. The second-order valence-electron chi connectivity index (χ2n) is 11.5. The van der Waals surface area contributed by atoms with Gasteiger partial charge in [0.05, 0.1) is 10.4 Å². The Hall–Kier alpha value is -1.81. The summed E-state index contributed by atoms with van der Waals surface area (Å²) in [5.74, 6) is -3.25. The lowest BCUT2D eigenvalue weighted by Gasteiger charge is -2.57. The molecule has 1 spiro atoms. The number of allylic oxidation sites excluding steroid dienone is 1. The molecule has 3 N–H and O–H groups in total. The molecule has 1 heterocycles. The van der Waals surface area contributed by atoms with Gasteiger partial charge >= 0.3 is 5.97 Å². The fourth-order valence-corrected chi connectivity index (χ4v) is 8.43. The molecule has 212 valence electrons. The van der Waals surface area contributed by atoms with E-state index in [0.717, 1.165) is 5.56 Å². The average Bonchev–Trinajstić information content (AvgIpc) is 3.17. The molecule has 1 aliphatic heterocycles. The Balaban J connectivity index is 1.99. The van der Waals surface area contributed by atoms with E-state index in [-0.39, 0.29) is 23.7 Å². The number of esters is 1. The van der Waals surface area contributed by atoms with Gasteiger partial charge in [0.2, 0.25) is 5.91 Å². The number of ether oxygens (including phenoxy) is 1. The van der Waals surface area contributed by atoms with Crippen molar-refractivity contribution in [3.05, 3.63) is 60.2 Å². The zero-order valence-electron chi connectivity index (χ0n) is 22.6. The van der Waals surface area contributed by atoms with Gasteiger partial charge in [0.1, 0.15) is 17.1 Å². The van der Waals surface area contributed by atoms with Gasteiger partial charge in [0.25, 0.3) is 0 Å². The Bertz CT molecular complexity index is 1170. The number of aliphatic hydroxyl groups excluding tert-OH is 1. The number of benzene rings is 1. The molecule has 4 rings (SSSR count). The molecular formula is C30H37Br2NO6. The van der Waals surface area contributed by atoms with Crippen LogP contribution in [0.5, 0.6) is 0 Å². The third kappa shape index (κ3) is 5.09. The van der Waals surface area contributed by atoms with Crippen LogP contribution in [0.3, 0.4) is 0 Å². The van der Waals surface area contributed by atoms with Crippen molar-refractivity contribution in [2.75, 3.05) is 5.33 Å². The lowest BCUT2D eigenvalue weighted by Crippen LogP contribution is -2.67. The van der Waals surface area contributed by atoms with E-state index in [1.54, 1.807) is 19.1 Å². The molecule has 1 aromatic carbocycles. The van der Waals surface area contributed by atoms with Crippen molar-refractivity contribution in [3.63, 3.8) is 0 Å². The Morgan fingerprint density at radius 1 is 1.18 bits per heavy atom. The summed E-state index contributed by atoms with van der Waals surface area (Å²) in [6.45, 7) is 6.41. The molecule has 0 bridgehead atoms. The van der Waals surface area contributed by atoms with Crippen LogP contribution in [0.15, 0.2) is 54.6 Å². The molecule has 1 saturated heterocycles. The maximum atomic E-state index is 14.3. The van der Waals surface area contributed by atoms with Crippen molar-refractivity contribution >= 4 is 49.5 Å². The van der Waals surface area contributed by atoms with Crippen molar-refractivity contribution in [1.82, 2.24) is 5.32 Å². The average molecular weight is 667 g/mol. The highest BCUT2D eigenvalue weighted by molar-refractivity contribution is 9.12. The third-order valence-corrected chi connectivity index (χ3v) is 12.2. The Labute approximate surface area is 246 Å². The maximum absolute atomic E-state index is 14.3. The zero-order chi connectivity index (χ0) is 28.8. The molecule has 1 amide bonds. The fraction of sp³-hybridized carbons (Fsp3) is 0.567. The van der Waals surface area contributed by atoms with Crippen LogP contribution < -0.4 is 5.32 Å². The summed E-state index contributed by atoms with van der Waals surface area (Å²) in [5.41, 5.74) is -2.18. The Morgan fingerprint density at radius 2 is 1.85 bits per heavy atom. The predicted octanol–water partition coefficient (Wildman–Crippen LogP) is 3.89. The van der Waals surface area contributed by atoms with Crippen LogP contribution in [0.1, 0.15) is 39.7 Å². The molecule has 2 aliphatic carbocycles. The Morgan fingerprint density at radius 3 is 2.46 bits per heavy atom. The predicted molar refractivity (Wildman–Crippen MR) is 155 cm³/mol. The molecule has 10 atom stereocenters. The van der Waals surface area contributed by atoms with Crippen LogP contribution in [0.25, 0.3) is 0 Å². The van der Waals surface area contributed by atoms with Gasteiger partial charge < -0.3 is 20.3 Å². The first-order valence-electron chi connectivity index (χ1n) is 13.4. The number of ketones is 1. The van der Waals surface area contributed by atoms with Crippen molar-refractivity contribution in [3.8, 4) is 0 Å². The SMILES string of the molecule is CC(=O)OC1/C=C\C(C)(O)C(=O)C(C)C/C=C/C2C(O)C(Br)(CBr)C(C)C3C(Cc4ccccc4)NC(=O)C123. The summed E-state index contributed by atoms with van der Waals surface area (Å²) >= 11 is 7.48. The topological polar surface area (TPSA) is 113 Å². The standard InChI is InChI=1S/C30H37Br2NO6/c1-17-9-8-12-21-26(36)29(32,16-31)18(2)24-22(15-20-10-6-5-7-11-20)33-27(37)30(21,24)23(39-19(3)34)13-14-28(4,38)25(17)35/h5-8,10-14,17-18,21-24,26,36,38H,9,15-16H2,1-4H3,(H,33,37)/b12-8+,14-13-. The van der Waals surface area contributed by atoms with Gasteiger partial charge in [-0.1, -0.05) is 88.2 Å². The second-order valence-corrected chi connectivity index (χ2v) is 13.6. The first kappa shape index (κ1) is 30.2. The summed E-state index contributed by atoms with van der Waals surface area (Å²) in [6, 6.07) is 9.53. The van der Waals surface area contributed by atoms with Gasteiger partial charge in [-0.15, -0.1) is 0 Å². The van der Waals surface area contributed by atoms with Crippen molar-refractivity contribution in [2.24, 2.45) is 29.1 Å². The number of halogens is 2. The third-order valence-electron chi connectivity index (χ3n) is 9.02. The molecule has 2 fully saturated rings. The first-order valence-corrected chi connectivity index (χ1v) is 15.3. The van der Waals surface area contributed by atoms with E-state index in [1.807, 2.05) is 37.3 Å². The number of Topliss-reactive ketones (excluding diaryl/α,β-unsaturated/α-hetero) is 1. The number of aliphatic hydroxyl groups is 2. The van der Waals surface area contributed by atoms with Gasteiger partial charge in [-0.25, -0.2) is 0 Å². The van der Waals surface area contributed by atoms with E-state index in [2.05, 4.69) is 37.2 Å². The summed E-state index contributed by atoms with van der Waals surface area (Å²) in [5, 5.41) is 26.7. The second kappa shape index (κ2) is 11.2. The molecule has 1 aromatic rings. The normalized spacial score (nSPS) is 43.8. The van der Waals surface area contributed by atoms with E-state index in [1.165, 1.54) is 26.0 Å². The molecule has 0 radical (unpaired) electrons. The highest BCUT2D eigenvalue weighted by Gasteiger charge is 2.72. The quantitative estimate of drug-likeness (QED) is 0.255.